The zero-order valence-corrected chi connectivity index (χ0v) is 17.7. The predicted octanol–water partition coefficient (Wildman–Crippen LogP) is 5.09. The Bertz CT molecular complexity index is 1310. The first-order valence-corrected chi connectivity index (χ1v) is 10.9. The van der Waals surface area contributed by atoms with Crippen molar-refractivity contribution < 1.29 is 9.53 Å². The largest absolute Gasteiger partial charge is 0.445 e. The Morgan fingerprint density at radius 2 is 1.94 bits per heavy atom. The van der Waals surface area contributed by atoms with E-state index in [1.54, 1.807) is 0 Å². The number of carbonyl (C=O) groups is 1. The van der Waals surface area contributed by atoms with Crippen LogP contribution in [0.25, 0.3) is 21.8 Å². The predicted molar refractivity (Wildman–Crippen MR) is 126 cm³/mol. The van der Waals surface area contributed by atoms with Crippen molar-refractivity contribution in [2.75, 3.05) is 18.0 Å². The van der Waals surface area contributed by atoms with E-state index in [2.05, 4.69) is 27.3 Å². The van der Waals surface area contributed by atoms with E-state index in [1.807, 2.05) is 60.7 Å². The second kappa shape index (κ2) is 8.64. The number of ether oxygens (including phenoxy) is 1. The number of H-pyrrole nitrogens is 1. The Morgan fingerprint density at radius 3 is 2.78 bits per heavy atom. The van der Waals surface area contributed by atoms with Crippen LogP contribution >= 0.6 is 0 Å². The van der Waals surface area contributed by atoms with Gasteiger partial charge in [0.1, 0.15) is 12.7 Å². The Labute approximate surface area is 186 Å². The highest BCUT2D eigenvalue weighted by atomic mass is 16.5. The Kier molecular flexibility index (Phi) is 5.39. The van der Waals surface area contributed by atoms with Crippen molar-refractivity contribution in [1.82, 2.24) is 10.3 Å². The van der Waals surface area contributed by atoms with Crippen LogP contribution in [0.1, 0.15) is 24.0 Å². The van der Waals surface area contributed by atoms with Gasteiger partial charge in [-0.1, -0.05) is 48.5 Å². The number of carbonyl (C=O) groups excluding carboxylic acids is 1. The third kappa shape index (κ3) is 3.85. The second-order valence-electron chi connectivity index (χ2n) is 8.16. The first kappa shape index (κ1) is 20.0. The molecule has 6 heteroatoms. The number of piperidine rings is 1. The van der Waals surface area contributed by atoms with Crippen LogP contribution < -0.4 is 10.2 Å². The molecule has 1 aliphatic rings. The first-order chi connectivity index (χ1) is 15.7. The van der Waals surface area contributed by atoms with Gasteiger partial charge in [-0.25, -0.2) is 4.79 Å². The second-order valence-corrected chi connectivity index (χ2v) is 8.16. The highest BCUT2D eigenvalue weighted by Gasteiger charge is 2.25. The van der Waals surface area contributed by atoms with E-state index >= 15 is 0 Å². The fourth-order valence-electron chi connectivity index (χ4n) is 4.54. The van der Waals surface area contributed by atoms with Gasteiger partial charge in [-0.15, -0.1) is 0 Å². The summed E-state index contributed by atoms with van der Waals surface area (Å²) >= 11 is 0. The number of anilines is 1. The number of nitrogens with zero attached hydrogens (tertiary/aromatic N) is 2. The molecular formula is C26H24N4O2. The summed E-state index contributed by atoms with van der Waals surface area (Å²) in [5.41, 5.74) is 4.56. The SMILES string of the molecule is N#Cc1ccc(N2CCC[C@@H](NC(=O)OCc3ccccc3)C2)c2c1[nH]c1ccccc12. The van der Waals surface area contributed by atoms with E-state index in [4.69, 9.17) is 4.74 Å². The molecule has 1 fully saturated rings. The lowest BCUT2D eigenvalue weighted by Gasteiger charge is -2.35. The number of rotatable bonds is 4. The summed E-state index contributed by atoms with van der Waals surface area (Å²) in [4.78, 5) is 18.1. The maximum Gasteiger partial charge on any atom is 0.407 e. The van der Waals surface area contributed by atoms with E-state index in [0.717, 1.165) is 52.4 Å². The van der Waals surface area contributed by atoms with Gasteiger partial charge in [0, 0.05) is 41.1 Å². The topological polar surface area (TPSA) is 81.2 Å². The number of fused-ring (bicyclic) bond motifs is 3. The summed E-state index contributed by atoms with van der Waals surface area (Å²) in [6, 6.07) is 24.0. The molecule has 160 valence electrons. The summed E-state index contributed by atoms with van der Waals surface area (Å²) in [5.74, 6) is 0. The standard InChI is InChI=1S/C26H24N4O2/c27-15-19-12-13-23(24-21-10-4-5-11-22(21)29-25(19)24)30-14-6-9-20(16-30)28-26(31)32-17-18-7-2-1-3-8-18/h1-5,7-8,10-13,20,29H,6,9,14,16-17H2,(H,28,31)/t20-/m1/s1. The molecule has 1 saturated heterocycles. The van der Waals surface area contributed by atoms with Gasteiger partial charge in [0.15, 0.2) is 0 Å². The number of alkyl carbamates (subject to hydrolysis) is 1. The van der Waals surface area contributed by atoms with Crippen molar-refractivity contribution in [3.8, 4) is 6.07 Å². The number of benzene rings is 3. The Balaban J connectivity index is 1.35. The van der Waals surface area contributed by atoms with Gasteiger partial charge in [-0.3, -0.25) is 0 Å². The average Bonchev–Trinajstić information content (AvgIpc) is 3.23. The molecule has 6 nitrogen and oxygen atoms in total. The average molecular weight is 425 g/mol. The maximum atomic E-state index is 12.4. The lowest BCUT2D eigenvalue weighted by molar-refractivity contribution is 0.134. The van der Waals surface area contributed by atoms with Crippen LogP contribution in [0.5, 0.6) is 0 Å². The molecule has 3 aromatic carbocycles. The molecule has 0 saturated carbocycles. The third-order valence-electron chi connectivity index (χ3n) is 6.06. The molecule has 1 aliphatic heterocycles. The van der Waals surface area contributed by atoms with Crippen LogP contribution in [0.2, 0.25) is 0 Å². The lowest BCUT2D eigenvalue weighted by Crippen LogP contribution is -2.48. The lowest BCUT2D eigenvalue weighted by atomic mass is 10.0. The number of nitriles is 1. The fraction of sp³-hybridized carbons (Fsp3) is 0.231. The van der Waals surface area contributed by atoms with Gasteiger partial charge in [0.05, 0.1) is 11.1 Å². The van der Waals surface area contributed by atoms with Gasteiger partial charge in [-0.2, -0.15) is 5.26 Å². The number of hydrogen-bond donors (Lipinski definition) is 2. The smallest absolute Gasteiger partial charge is 0.407 e. The minimum absolute atomic E-state index is 0.00271. The van der Waals surface area contributed by atoms with Crippen molar-refractivity contribution in [3.63, 3.8) is 0 Å². The molecule has 1 atom stereocenters. The van der Waals surface area contributed by atoms with Crippen LogP contribution in [0.3, 0.4) is 0 Å². The minimum atomic E-state index is -0.391. The molecule has 4 aromatic rings. The molecule has 32 heavy (non-hydrogen) atoms. The van der Waals surface area contributed by atoms with Crippen molar-refractivity contribution in [3.05, 3.63) is 77.9 Å². The van der Waals surface area contributed by atoms with Crippen molar-refractivity contribution in [2.24, 2.45) is 0 Å². The monoisotopic (exact) mass is 424 g/mol. The molecule has 0 aliphatic carbocycles. The Morgan fingerprint density at radius 1 is 1.12 bits per heavy atom. The van der Waals surface area contributed by atoms with Crippen LogP contribution in [-0.2, 0) is 11.3 Å². The third-order valence-corrected chi connectivity index (χ3v) is 6.06. The number of aromatic amines is 1. The summed E-state index contributed by atoms with van der Waals surface area (Å²) in [5, 5.41) is 14.8. The molecule has 2 heterocycles. The maximum absolute atomic E-state index is 12.4. The van der Waals surface area contributed by atoms with Crippen molar-refractivity contribution in [2.45, 2.75) is 25.5 Å². The van der Waals surface area contributed by atoms with Crippen LogP contribution in [0.4, 0.5) is 10.5 Å². The molecular weight excluding hydrogens is 400 g/mol. The molecule has 2 N–H and O–H groups in total. The van der Waals surface area contributed by atoms with E-state index < -0.39 is 6.09 Å². The zero-order valence-electron chi connectivity index (χ0n) is 17.7. The number of nitrogens with one attached hydrogen (secondary N) is 2. The van der Waals surface area contributed by atoms with Crippen LogP contribution in [0.15, 0.2) is 66.7 Å². The number of para-hydroxylation sites is 1. The minimum Gasteiger partial charge on any atom is -0.445 e. The number of amides is 1. The van der Waals surface area contributed by atoms with Crippen LogP contribution in [0, 0.1) is 11.3 Å². The van der Waals surface area contributed by atoms with Gasteiger partial charge in [0.2, 0.25) is 0 Å². The van der Waals surface area contributed by atoms with Gasteiger partial charge >= 0.3 is 6.09 Å². The van der Waals surface area contributed by atoms with E-state index in [1.165, 1.54) is 0 Å². The molecule has 1 aromatic heterocycles. The zero-order chi connectivity index (χ0) is 21.9. The number of aromatic nitrogens is 1. The summed E-state index contributed by atoms with van der Waals surface area (Å²) < 4.78 is 5.41. The van der Waals surface area contributed by atoms with E-state index in [-0.39, 0.29) is 12.6 Å². The van der Waals surface area contributed by atoms with Gasteiger partial charge in [-0.05, 0) is 36.6 Å². The molecule has 5 rings (SSSR count). The summed E-state index contributed by atoms with van der Waals surface area (Å²) in [6.07, 6.45) is 1.48. The van der Waals surface area contributed by atoms with E-state index in [9.17, 15) is 10.1 Å². The summed E-state index contributed by atoms with van der Waals surface area (Å²) in [6.45, 7) is 1.85. The van der Waals surface area contributed by atoms with E-state index in [0.29, 0.717) is 12.1 Å². The molecule has 1 amide bonds. The Hall–Kier alpha value is -3.98. The summed E-state index contributed by atoms with van der Waals surface area (Å²) in [7, 11) is 0. The molecule has 0 radical (unpaired) electrons. The van der Waals surface area contributed by atoms with Crippen molar-refractivity contribution >= 4 is 33.6 Å². The van der Waals surface area contributed by atoms with Crippen molar-refractivity contribution in [1.29, 1.82) is 5.26 Å². The van der Waals surface area contributed by atoms with Gasteiger partial charge < -0.3 is 19.9 Å². The van der Waals surface area contributed by atoms with Crippen LogP contribution in [-0.4, -0.2) is 30.2 Å². The van der Waals surface area contributed by atoms with Gasteiger partial charge in [0.25, 0.3) is 0 Å². The molecule has 0 bridgehead atoms. The quantitative estimate of drug-likeness (QED) is 0.478. The normalized spacial score (nSPS) is 16.1. The highest BCUT2D eigenvalue weighted by molar-refractivity contribution is 6.15. The molecule has 0 spiro atoms. The first-order valence-electron chi connectivity index (χ1n) is 10.9. The fourth-order valence-corrected chi connectivity index (χ4v) is 4.54. The molecule has 0 unspecified atom stereocenters. The highest BCUT2D eigenvalue weighted by Crippen LogP contribution is 2.36. The number of hydrogen-bond acceptors (Lipinski definition) is 4.